The number of aromatic nitrogens is 2. The van der Waals surface area contributed by atoms with Crippen LogP contribution in [0.25, 0.3) is 0 Å². The first-order chi connectivity index (χ1) is 11.7. The van der Waals surface area contributed by atoms with E-state index in [1.54, 1.807) is 0 Å². The second kappa shape index (κ2) is 8.09. The molecule has 134 valence electrons. The largest absolute Gasteiger partial charge is 0.476 e. The molecular formula is C17H28N4O3. The summed E-state index contributed by atoms with van der Waals surface area (Å²) in [5.74, 6) is -0.907. The van der Waals surface area contributed by atoms with Crippen molar-refractivity contribution in [3.05, 3.63) is 17.0 Å². The Morgan fingerprint density at radius 2 is 2.17 bits per heavy atom. The van der Waals surface area contributed by atoms with Crippen LogP contribution >= 0.6 is 0 Å². The van der Waals surface area contributed by atoms with Crippen LogP contribution < -0.4 is 5.32 Å². The summed E-state index contributed by atoms with van der Waals surface area (Å²) in [6.45, 7) is 8.50. The maximum atomic E-state index is 11.5. The van der Waals surface area contributed by atoms with E-state index < -0.39 is 5.97 Å². The highest BCUT2D eigenvalue weighted by Crippen LogP contribution is 2.25. The molecule has 2 N–H and O–H groups in total. The lowest BCUT2D eigenvalue weighted by Crippen LogP contribution is -2.43. The molecular weight excluding hydrogens is 308 g/mol. The molecule has 0 unspecified atom stereocenters. The number of carboxylic acid groups (broad SMARTS) is 1. The fourth-order valence-electron chi connectivity index (χ4n) is 3.68. The fraction of sp³-hybridized carbons (Fsp3) is 0.765. The predicted octanol–water partition coefficient (Wildman–Crippen LogP) is 0.770. The van der Waals surface area contributed by atoms with Gasteiger partial charge in [0, 0.05) is 50.0 Å². The van der Waals surface area contributed by atoms with Crippen molar-refractivity contribution in [3.8, 4) is 0 Å². The predicted molar refractivity (Wildman–Crippen MR) is 90.6 cm³/mol. The lowest BCUT2D eigenvalue weighted by molar-refractivity contribution is 0.0381. The fourth-order valence-corrected chi connectivity index (χ4v) is 3.68. The maximum absolute atomic E-state index is 11.5. The number of aromatic carboxylic acids is 1. The second-order valence-electron chi connectivity index (χ2n) is 6.65. The molecule has 0 spiro atoms. The quantitative estimate of drug-likeness (QED) is 0.766. The lowest BCUT2D eigenvalue weighted by atomic mass is 9.91. The van der Waals surface area contributed by atoms with E-state index in [1.165, 1.54) is 0 Å². The summed E-state index contributed by atoms with van der Waals surface area (Å²) in [7, 11) is 0. The first-order valence-corrected chi connectivity index (χ1v) is 9.04. The molecule has 0 amide bonds. The number of carboxylic acids is 1. The molecule has 1 atom stereocenters. The number of hydrogen-bond acceptors (Lipinski definition) is 5. The Kier molecular flexibility index (Phi) is 5.86. The molecule has 3 rings (SSSR count). The van der Waals surface area contributed by atoms with Gasteiger partial charge in [-0.1, -0.05) is 6.92 Å². The van der Waals surface area contributed by atoms with Crippen molar-refractivity contribution >= 4 is 5.97 Å². The first kappa shape index (κ1) is 17.4. The molecule has 24 heavy (non-hydrogen) atoms. The smallest absolute Gasteiger partial charge is 0.356 e. The van der Waals surface area contributed by atoms with Crippen molar-refractivity contribution in [1.29, 1.82) is 0 Å². The van der Waals surface area contributed by atoms with Gasteiger partial charge in [0.2, 0.25) is 0 Å². The third-order valence-corrected chi connectivity index (χ3v) is 4.95. The van der Waals surface area contributed by atoms with E-state index in [0.29, 0.717) is 6.04 Å². The Bertz CT molecular complexity index is 566. The van der Waals surface area contributed by atoms with Crippen molar-refractivity contribution in [1.82, 2.24) is 20.0 Å². The van der Waals surface area contributed by atoms with E-state index in [9.17, 15) is 9.90 Å². The zero-order chi connectivity index (χ0) is 16.9. The highest BCUT2D eigenvalue weighted by Gasteiger charge is 2.28. The van der Waals surface area contributed by atoms with E-state index >= 15 is 0 Å². The minimum atomic E-state index is -0.907. The standard InChI is InChI=1S/C17H28N4O3/c1-2-6-21-15-4-3-13(12-14(15)16(19-21)17(22)23)18-5-7-20-8-10-24-11-9-20/h13,18H,2-12H2,1H3,(H,22,23)/t13-/m0/s1. The van der Waals surface area contributed by atoms with Gasteiger partial charge in [0.15, 0.2) is 5.69 Å². The Hall–Kier alpha value is -1.44. The molecule has 1 aliphatic carbocycles. The van der Waals surface area contributed by atoms with Gasteiger partial charge in [-0.15, -0.1) is 0 Å². The number of morpholine rings is 1. The topological polar surface area (TPSA) is 79.6 Å². The lowest BCUT2D eigenvalue weighted by Gasteiger charge is -2.29. The highest BCUT2D eigenvalue weighted by molar-refractivity contribution is 5.87. The first-order valence-electron chi connectivity index (χ1n) is 9.04. The Labute approximate surface area is 143 Å². The van der Waals surface area contributed by atoms with Crippen LogP contribution in [-0.4, -0.2) is 71.2 Å². The summed E-state index contributed by atoms with van der Waals surface area (Å²) in [5.41, 5.74) is 2.31. The van der Waals surface area contributed by atoms with Crippen molar-refractivity contribution in [2.45, 2.75) is 45.2 Å². The number of fused-ring (bicyclic) bond motifs is 1. The van der Waals surface area contributed by atoms with Crippen molar-refractivity contribution in [2.75, 3.05) is 39.4 Å². The van der Waals surface area contributed by atoms with E-state index in [1.807, 2.05) is 4.68 Å². The van der Waals surface area contributed by atoms with Crippen LogP contribution in [0.4, 0.5) is 0 Å². The Morgan fingerprint density at radius 3 is 2.88 bits per heavy atom. The monoisotopic (exact) mass is 336 g/mol. The number of rotatable bonds is 7. The van der Waals surface area contributed by atoms with E-state index in [4.69, 9.17) is 4.74 Å². The molecule has 2 aliphatic rings. The normalized spacial score (nSPS) is 21.6. The molecule has 2 heterocycles. The minimum Gasteiger partial charge on any atom is -0.476 e. The van der Waals surface area contributed by atoms with Gasteiger partial charge in [0.25, 0.3) is 0 Å². The van der Waals surface area contributed by atoms with Crippen LogP contribution in [0.1, 0.15) is 41.5 Å². The van der Waals surface area contributed by atoms with Gasteiger partial charge < -0.3 is 15.2 Å². The molecule has 0 aromatic carbocycles. The molecule has 1 fully saturated rings. The third-order valence-electron chi connectivity index (χ3n) is 4.95. The number of nitrogens with zero attached hydrogens (tertiary/aromatic N) is 3. The summed E-state index contributed by atoms with van der Waals surface area (Å²) < 4.78 is 7.27. The second-order valence-corrected chi connectivity index (χ2v) is 6.65. The van der Waals surface area contributed by atoms with Crippen LogP contribution in [0.3, 0.4) is 0 Å². The van der Waals surface area contributed by atoms with Crippen molar-refractivity contribution in [2.24, 2.45) is 0 Å². The maximum Gasteiger partial charge on any atom is 0.356 e. The van der Waals surface area contributed by atoms with Crippen LogP contribution in [0.5, 0.6) is 0 Å². The van der Waals surface area contributed by atoms with E-state index in [-0.39, 0.29) is 5.69 Å². The summed E-state index contributed by atoms with van der Waals surface area (Å²) in [4.78, 5) is 13.9. The number of hydrogen-bond donors (Lipinski definition) is 2. The van der Waals surface area contributed by atoms with Gasteiger partial charge in [-0.25, -0.2) is 4.79 Å². The third kappa shape index (κ3) is 3.96. The average molecular weight is 336 g/mol. The number of aryl methyl sites for hydroxylation is 1. The van der Waals surface area contributed by atoms with Crippen LogP contribution in [-0.2, 0) is 24.1 Å². The molecule has 1 aliphatic heterocycles. The average Bonchev–Trinajstić information content (AvgIpc) is 2.95. The van der Waals surface area contributed by atoms with Gasteiger partial charge in [-0.05, 0) is 25.7 Å². The van der Waals surface area contributed by atoms with Crippen LogP contribution in [0.15, 0.2) is 0 Å². The summed E-state index contributed by atoms with van der Waals surface area (Å²) in [6, 6.07) is 0.343. The summed E-state index contributed by atoms with van der Waals surface area (Å²) in [6.07, 6.45) is 3.69. The van der Waals surface area contributed by atoms with Crippen molar-refractivity contribution in [3.63, 3.8) is 0 Å². The van der Waals surface area contributed by atoms with Gasteiger partial charge in [0.05, 0.1) is 13.2 Å². The molecule has 7 heteroatoms. The Balaban J connectivity index is 1.57. The Morgan fingerprint density at radius 1 is 1.38 bits per heavy atom. The molecule has 7 nitrogen and oxygen atoms in total. The SMILES string of the molecule is CCCn1nc(C(=O)O)c2c1CC[C@H](NCCN1CCOCC1)C2. The van der Waals surface area contributed by atoms with Gasteiger partial charge in [0.1, 0.15) is 0 Å². The van der Waals surface area contributed by atoms with Gasteiger partial charge in [-0.2, -0.15) is 5.10 Å². The molecule has 1 aromatic heterocycles. The minimum absolute atomic E-state index is 0.248. The molecule has 0 radical (unpaired) electrons. The highest BCUT2D eigenvalue weighted by atomic mass is 16.5. The van der Waals surface area contributed by atoms with Gasteiger partial charge in [-0.3, -0.25) is 9.58 Å². The van der Waals surface area contributed by atoms with Crippen LogP contribution in [0, 0.1) is 0 Å². The van der Waals surface area contributed by atoms with E-state index in [2.05, 4.69) is 22.2 Å². The summed E-state index contributed by atoms with van der Waals surface area (Å²) in [5, 5.41) is 17.4. The van der Waals surface area contributed by atoms with Crippen LogP contribution in [0.2, 0.25) is 0 Å². The molecule has 0 saturated carbocycles. The van der Waals surface area contributed by atoms with E-state index in [0.717, 1.165) is 82.9 Å². The number of ether oxygens (including phenoxy) is 1. The number of nitrogens with one attached hydrogen (secondary N) is 1. The number of carbonyl (C=O) groups is 1. The molecule has 0 bridgehead atoms. The zero-order valence-corrected chi connectivity index (χ0v) is 14.5. The van der Waals surface area contributed by atoms with Crippen molar-refractivity contribution < 1.29 is 14.6 Å². The molecule has 1 aromatic rings. The molecule has 1 saturated heterocycles. The summed E-state index contributed by atoms with van der Waals surface area (Å²) >= 11 is 0. The zero-order valence-electron chi connectivity index (χ0n) is 14.5. The van der Waals surface area contributed by atoms with Gasteiger partial charge >= 0.3 is 5.97 Å².